The molecule has 4 nitrogen and oxygen atoms in total. The molecule has 152 valence electrons. The fourth-order valence-corrected chi connectivity index (χ4v) is 4.57. The van der Waals surface area contributed by atoms with Crippen molar-refractivity contribution in [3.8, 4) is 0 Å². The number of benzene rings is 2. The van der Waals surface area contributed by atoms with Gasteiger partial charge in [0.25, 0.3) is 0 Å². The topological polar surface area (TPSA) is 49.4 Å². The van der Waals surface area contributed by atoms with E-state index in [1.807, 2.05) is 36.4 Å². The number of hydrogen-bond donors (Lipinski definition) is 1. The molecule has 2 amide bonds. The largest absolute Gasteiger partial charge is 0.366 e. The molecule has 0 spiro atoms. The summed E-state index contributed by atoms with van der Waals surface area (Å²) < 4.78 is 15.1. The summed E-state index contributed by atoms with van der Waals surface area (Å²) in [6.45, 7) is 0.818. The van der Waals surface area contributed by atoms with Gasteiger partial charge in [0, 0.05) is 36.4 Å². The van der Waals surface area contributed by atoms with Gasteiger partial charge in [0.1, 0.15) is 5.82 Å². The van der Waals surface area contributed by atoms with Crippen LogP contribution in [0.5, 0.6) is 0 Å². The summed E-state index contributed by atoms with van der Waals surface area (Å²) in [5, 5.41) is 3.01. The fourth-order valence-electron chi connectivity index (χ4n) is 4.45. The number of nitrogens with zero attached hydrogens (tertiary/aromatic N) is 1. The smallest absolute Gasteiger partial charge is 0.227 e. The first kappa shape index (κ1) is 19.9. The minimum atomic E-state index is -0.296. The Hall–Kier alpha value is -2.40. The van der Waals surface area contributed by atoms with Crippen LogP contribution in [0, 0.1) is 5.82 Å². The van der Waals surface area contributed by atoms with Crippen LogP contribution < -0.4 is 10.2 Å². The lowest BCUT2D eigenvalue weighted by molar-refractivity contribution is -0.133. The number of halogens is 2. The first-order chi connectivity index (χ1) is 14.0. The Morgan fingerprint density at radius 1 is 1.03 bits per heavy atom. The van der Waals surface area contributed by atoms with Crippen LogP contribution in [0.25, 0.3) is 0 Å². The van der Waals surface area contributed by atoms with Gasteiger partial charge in [-0.05, 0) is 61.1 Å². The van der Waals surface area contributed by atoms with E-state index in [-0.39, 0.29) is 42.4 Å². The first-order valence-corrected chi connectivity index (χ1v) is 10.5. The molecule has 1 N–H and O–H groups in total. The van der Waals surface area contributed by atoms with Crippen molar-refractivity contribution in [1.29, 1.82) is 0 Å². The number of imide groups is 1. The Morgan fingerprint density at radius 3 is 2.45 bits per heavy atom. The van der Waals surface area contributed by atoms with Crippen molar-refractivity contribution in [2.75, 3.05) is 11.4 Å². The van der Waals surface area contributed by atoms with E-state index in [2.05, 4.69) is 10.2 Å². The van der Waals surface area contributed by atoms with Gasteiger partial charge in [-0.25, -0.2) is 4.39 Å². The average Bonchev–Trinajstić information content (AvgIpc) is 2.69. The summed E-state index contributed by atoms with van der Waals surface area (Å²) in [5.41, 5.74) is 2.50. The van der Waals surface area contributed by atoms with Crippen molar-refractivity contribution in [2.45, 2.75) is 50.5 Å². The summed E-state index contributed by atoms with van der Waals surface area (Å²) in [5.74, 6) is -1.14. The molecule has 1 atom stereocenters. The summed E-state index contributed by atoms with van der Waals surface area (Å²) in [6, 6.07) is 13.2. The number of carbonyl (C=O) groups is 2. The van der Waals surface area contributed by atoms with Crippen LogP contribution in [-0.2, 0) is 16.0 Å². The van der Waals surface area contributed by atoms with Gasteiger partial charge in [-0.3, -0.25) is 14.9 Å². The fraction of sp³-hybridized carbons (Fsp3) is 0.391. The number of hydrogen-bond acceptors (Lipinski definition) is 3. The predicted molar refractivity (Wildman–Crippen MR) is 112 cm³/mol. The number of amides is 2. The highest BCUT2D eigenvalue weighted by Crippen LogP contribution is 2.33. The Kier molecular flexibility index (Phi) is 5.86. The van der Waals surface area contributed by atoms with Crippen LogP contribution in [0.15, 0.2) is 42.5 Å². The molecular weight excluding hydrogens is 391 g/mol. The van der Waals surface area contributed by atoms with E-state index < -0.39 is 0 Å². The zero-order valence-corrected chi connectivity index (χ0v) is 16.9. The van der Waals surface area contributed by atoms with Crippen LogP contribution >= 0.6 is 11.6 Å². The summed E-state index contributed by atoms with van der Waals surface area (Å²) in [6.07, 6.45) is 4.46. The number of anilines is 1. The van der Waals surface area contributed by atoms with E-state index in [0.29, 0.717) is 16.3 Å². The van der Waals surface area contributed by atoms with E-state index in [4.69, 9.17) is 11.6 Å². The molecule has 2 aliphatic rings. The molecule has 0 aromatic heterocycles. The van der Waals surface area contributed by atoms with Gasteiger partial charge in [-0.2, -0.15) is 0 Å². The number of rotatable bonds is 4. The highest BCUT2D eigenvalue weighted by Gasteiger charge is 2.29. The number of nitrogens with one attached hydrogen (secondary N) is 1. The van der Waals surface area contributed by atoms with Crippen molar-refractivity contribution >= 4 is 29.1 Å². The molecule has 0 bridgehead atoms. The third kappa shape index (κ3) is 4.61. The lowest BCUT2D eigenvalue weighted by Gasteiger charge is -2.38. The Morgan fingerprint density at radius 2 is 1.76 bits per heavy atom. The van der Waals surface area contributed by atoms with Gasteiger partial charge in [-0.1, -0.05) is 29.8 Å². The lowest BCUT2D eigenvalue weighted by Crippen LogP contribution is -2.41. The molecule has 2 aliphatic heterocycles. The van der Waals surface area contributed by atoms with Gasteiger partial charge in [0.2, 0.25) is 11.8 Å². The van der Waals surface area contributed by atoms with Gasteiger partial charge < -0.3 is 4.90 Å². The quantitative estimate of drug-likeness (QED) is 0.744. The molecule has 0 saturated carbocycles. The number of carbonyl (C=O) groups excluding carboxylic acids is 2. The molecular formula is C23H24ClFN2O2. The van der Waals surface area contributed by atoms with Gasteiger partial charge >= 0.3 is 0 Å². The monoisotopic (exact) mass is 414 g/mol. The highest BCUT2D eigenvalue weighted by atomic mass is 35.5. The van der Waals surface area contributed by atoms with Crippen molar-refractivity contribution in [2.24, 2.45) is 0 Å². The summed E-state index contributed by atoms with van der Waals surface area (Å²) in [4.78, 5) is 25.5. The van der Waals surface area contributed by atoms with Crippen molar-refractivity contribution < 1.29 is 14.0 Å². The molecule has 2 heterocycles. The zero-order valence-electron chi connectivity index (χ0n) is 16.2. The van der Waals surface area contributed by atoms with E-state index in [0.717, 1.165) is 32.2 Å². The van der Waals surface area contributed by atoms with Crippen molar-refractivity contribution in [1.82, 2.24) is 5.32 Å². The Bertz CT molecular complexity index is 900. The number of piperidine rings is 2. The summed E-state index contributed by atoms with van der Waals surface area (Å²) >= 11 is 5.99. The summed E-state index contributed by atoms with van der Waals surface area (Å²) in [7, 11) is 0. The van der Waals surface area contributed by atoms with Crippen LogP contribution in [0.1, 0.15) is 49.1 Å². The molecule has 2 aromatic rings. The minimum Gasteiger partial charge on any atom is -0.366 e. The molecule has 2 aromatic carbocycles. The molecule has 2 saturated heterocycles. The molecule has 0 radical (unpaired) electrons. The molecule has 6 heteroatoms. The minimum absolute atomic E-state index is 0.216. The van der Waals surface area contributed by atoms with E-state index in [9.17, 15) is 9.59 Å². The van der Waals surface area contributed by atoms with E-state index in [1.165, 1.54) is 11.6 Å². The van der Waals surface area contributed by atoms with Gasteiger partial charge in [0.15, 0.2) is 0 Å². The third-order valence-corrected chi connectivity index (χ3v) is 6.16. The van der Waals surface area contributed by atoms with Crippen LogP contribution in [-0.4, -0.2) is 24.4 Å². The highest BCUT2D eigenvalue weighted by molar-refractivity contribution is 6.30. The molecule has 29 heavy (non-hydrogen) atoms. The maximum absolute atomic E-state index is 15.1. The van der Waals surface area contributed by atoms with E-state index in [1.54, 1.807) is 0 Å². The van der Waals surface area contributed by atoms with Crippen LogP contribution in [0.3, 0.4) is 0 Å². The lowest BCUT2D eigenvalue weighted by atomic mass is 9.89. The van der Waals surface area contributed by atoms with Crippen LogP contribution in [0.4, 0.5) is 10.1 Å². The van der Waals surface area contributed by atoms with Gasteiger partial charge in [-0.15, -0.1) is 0 Å². The average molecular weight is 415 g/mol. The molecule has 0 aliphatic carbocycles. The van der Waals surface area contributed by atoms with Gasteiger partial charge in [0.05, 0.1) is 5.69 Å². The van der Waals surface area contributed by atoms with E-state index >= 15 is 4.39 Å². The zero-order chi connectivity index (χ0) is 20.4. The maximum atomic E-state index is 15.1. The Labute approximate surface area is 175 Å². The molecule has 2 fully saturated rings. The second-order valence-electron chi connectivity index (χ2n) is 7.96. The Balaban J connectivity index is 1.54. The normalized spacial score (nSPS) is 20.6. The second kappa shape index (κ2) is 8.54. The van der Waals surface area contributed by atoms with Crippen molar-refractivity contribution in [3.63, 3.8) is 0 Å². The first-order valence-electron chi connectivity index (χ1n) is 10.1. The third-order valence-electron chi connectivity index (χ3n) is 5.91. The maximum Gasteiger partial charge on any atom is 0.227 e. The SMILES string of the molecule is O=C1CC(c2ccc(N3CCCCC3Cc3ccc(Cl)cc3)c(F)c2)CC(=O)N1. The molecule has 1 unspecified atom stereocenters. The molecule has 4 rings (SSSR count). The van der Waals surface area contributed by atoms with Crippen LogP contribution in [0.2, 0.25) is 5.02 Å². The van der Waals surface area contributed by atoms with Crippen molar-refractivity contribution in [3.05, 3.63) is 64.4 Å². The second-order valence-corrected chi connectivity index (χ2v) is 8.40. The standard InChI is InChI=1S/C23H24ClFN2O2/c24-18-7-4-15(5-8-18)11-19-3-1-2-10-27(19)21-9-6-16(12-20(21)25)17-13-22(28)26-23(29)14-17/h4-9,12,17,19H,1-3,10-11,13-14H2,(H,26,28,29). The predicted octanol–water partition coefficient (Wildman–Crippen LogP) is 4.60.